The minimum Gasteiger partial charge on any atom is -0.453 e. The van der Waals surface area contributed by atoms with Crippen molar-refractivity contribution in [3.8, 4) is 22.4 Å². The van der Waals surface area contributed by atoms with Crippen LogP contribution in [0.2, 0.25) is 0 Å². The van der Waals surface area contributed by atoms with E-state index in [-0.39, 0.29) is 30.3 Å². The van der Waals surface area contributed by atoms with Gasteiger partial charge in [-0.05, 0) is 84.5 Å². The lowest BCUT2D eigenvalue weighted by Gasteiger charge is -2.29. The zero-order valence-corrected chi connectivity index (χ0v) is 32.5. The summed E-state index contributed by atoms with van der Waals surface area (Å²) in [4.78, 5) is 71.7. The summed E-state index contributed by atoms with van der Waals surface area (Å²) in [5.41, 5.74) is 7.44. The second-order valence-corrected chi connectivity index (χ2v) is 14.6. The number of aromatic nitrogens is 5. The maximum atomic E-state index is 13.6. The van der Waals surface area contributed by atoms with Gasteiger partial charge in [0.05, 0.1) is 54.6 Å². The minimum atomic E-state index is -0.694. The van der Waals surface area contributed by atoms with E-state index in [1.165, 1.54) is 14.2 Å². The molecule has 4 heterocycles. The number of amides is 4. The number of aromatic amines is 2. The van der Waals surface area contributed by atoms with E-state index in [0.717, 1.165) is 99.0 Å². The van der Waals surface area contributed by atoms with Crippen LogP contribution in [0.3, 0.4) is 0 Å². The Kier molecular flexibility index (Phi) is 11.6. The Morgan fingerprint density at radius 1 is 0.825 bits per heavy atom. The fourth-order valence-corrected chi connectivity index (χ4v) is 7.31. The molecule has 15 nitrogen and oxygen atoms in total. The molecule has 3 aromatic carbocycles. The summed E-state index contributed by atoms with van der Waals surface area (Å²) in [6, 6.07) is 19.8. The first-order valence-electron chi connectivity index (χ1n) is 19.2. The molecule has 5 N–H and O–H groups in total. The number of imidazole rings is 2. The Hall–Kier alpha value is -6.51. The maximum Gasteiger partial charge on any atom is 0.407 e. The number of pyridine rings is 1. The van der Waals surface area contributed by atoms with E-state index < -0.39 is 18.2 Å². The summed E-state index contributed by atoms with van der Waals surface area (Å²) in [6.45, 7) is 4.78. The molecule has 7 rings (SSSR count). The molecule has 0 aliphatic carbocycles. The van der Waals surface area contributed by atoms with Crippen LogP contribution in [0.15, 0.2) is 66.9 Å². The number of methoxy groups -OCH3 is 2. The topological polar surface area (TPSA) is 196 Å². The number of nitrogens with one attached hydrogen (secondary N) is 5. The van der Waals surface area contributed by atoms with Crippen LogP contribution in [0, 0.1) is 5.92 Å². The number of likely N-dealkylation sites (tertiary alicyclic amines) is 1. The molecule has 0 radical (unpaired) electrons. The van der Waals surface area contributed by atoms with E-state index in [1.807, 2.05) is 49.2 Å². The van der Waals surface area contributed by atoms with Crippen molar-refractivity contribution in [2.75, 3.05) is 33.9 Å². The second-order valence-electron chi connectivity index (χ2n) is 14.6. The highest BCUT2D eigenvalue weighted by atomic mass is 16.5. The van der Waals surface area contributed by atoms with Gasteiger partial charge in [-0.3, -0.25) is 14.6 Å². The van der Waals surface area contributed by atoms with Crippen LogP contribution in [-0.4, -0.2) is 93.7 Å². The highest BCUT2D eigenvalue weighted by Gasteiger charge is 2.37. The number of nitrogens with zero attached hydrogens (tertiary/aromatic N) is 4. The van der Waals surface area contributed by atoms with Crippen molar-refractivity contribution in [3.63, 3.8) is 0 Å². The zero-order valence-electron chi connectivity index (χ0n) is 32.5. The minimum absolute atomic E-state index is 0.110. The zero-order chi connectivity index (χ0) is 40.1. The quantitative estimate of drug-likeness (QED) is 0.0854. The van der Waals surface area contributed by atoms with Crippen molar-refractivity contribution in [3.05, 3.63) is 78.5 Å². The molecule has 2 atom stereocenters. The molecule has 57 heavy (non-hydrogen) atoms. The van der Waals surface area contributed by atoms with Gasteiger partial charge in [0.25, 0.3) is 0 Å². The van der Waals surface area contributed by atoms with Crippen LogP contribution in [0.4, 0.5) is 9.59 Å². The summed E-state index contributed by atoms with van der Waals surface area (Å²) in [5.74, 6) is 1.10. The van der Waals surface area contributed by atoms with Gasteiger partial charge in [-0.15, -0.1) is 0 Å². The number of rotatable bonds is 13. The first-order valence-corrected chi connectivity index (χ1v) is 19.2. The predicted molar refractivity (Wildman–Crippen MR) is 216 cm³/mol. The first kappa shape index (κ1) is 38.8. The lowest BCUT2D eigenvalue weighted by molar-refractivity contribution is -0.135. The van der Waals surface area contributed by atoms with Crippen molar-refractivity contribution >= 4 is 56.8 Å². The molecule has 3 aromatic heterocycles. The molecular weight excluding hydrogens is 727 g/mol. The van der Waals surface area contributed by atoms with Gasteiger partial charge in [0.1, 0.15) is 17.7 Å². The van der Waals surface area contributed by atoms with Gasteiger partial charge >= 0.3 is 12.2 Å². The summed E-state index contributed by atoms with van der Waals surface area (Å²) < 4.78 is 9.24. The van der Waals surface area contributed by atoms with Gasteiger partial charge in [0.15, 0.2) is 0 Å². The molecule has 4 amide bonds. The fraction of sp³-hybridized carbons (Fsp3) is 0.357. The molecule has 1 aliphatic heterocycles. The fourth-order valence-electron chi connectivity index (χ4n) is 7.31. The lowest BCUT2D eigenvalue weighted by Crippen LogP contribution is -2.51. The SMILES string of the molecule is COC(=O)NCC(=O)NCCCCc1nc2ccc(-c3ccc4cc(-c5ccc6nc(C7CCCN7C(=O)C(NC(=O)OC)C(C)C)[nH]c6c5)ncc4c3)cc2[nH]1. The van der Waals surface area contributed by atoms with E-state index >= 15 is 0 Å². The largest absolute Gasteiger partial charge is 0.453 e. The van der Waals surface area contributed by atoms with E-state index in [1.54, 1.807) is 0 Å². The number of carbonyl (C=O) groups is 4. The second kappa shape index (κ2) is 17.1. The Labute approximate surface area is 329 Å². The lowest BCUT2D eigenvalue weighted by atomic mass is 10.0. The molecule has 1 fully saturated rings. The first-order chi connectivity index (χ1) is 27.6. The van der Waals surface area contributed by atoms with Crippen LogP contribution >= 0.6 is 0 Å². The van der Waals surface area contributed by atoms with Crippen LogP contribution in [-0.2, 0) is 25.5 Å². The molecular formula is C42H47N9O6. The van der Waals surface area contributed by atoms with Gasteiger partial charge in [0, 0.05) is 36.7 Å². The Morgan fingerprint density at radius 3 is 2.33 bits per heavy atom. The van der Waals surface area contributed by atoms with Gasteiger partial charge in [0.2, 0.25) is 11.8 Å². The van der Waals surface area contributed by atoms with Gasteiger partial charge in [-0.25, -0.2) is 19.6 Å². The third-order valence-corrected chi connectivity index (χ3v) is 10.4. The number of carbonyl (C=O) groups excluding carboxylic acids is 4. The number of ether oxygens (including phenoxy) is 2. The highest BCUT2D eigenvalue weighted by Crippen LogP contribution is 2.34. The maximum absolute atomic E-state index is 13.6. The number of aryl methyl sites for hydroxylation is 1. The number of alkyl carbamates (subject to hydrolysis) is 2. The highest BCUT2D eigenvalue weighted by molar-refractivity contribution is 5.92. The van der Waals surface area contributed by atoms with Crippen LogP contribution in [0.25, 0.3) is 55.2 Å². The van der Waals surface area contributed by atoms with Crippen molar-refractivity contribution in [1.29, 1.82) is 0 Å². The molecule has 6 aromatic rings. The number of hydrogen-bond donors (Lipinski definition) is 5. The standard InChI is InChI=1S/C42H47N9O6/c1-24(2)38(50-42(55)57-4)40(53)51-17-7-8-35(51)39-48-31-15-13-28(21-34(31)49-39)32-19-27-11-10-25(18-29(27)22-44-32)26-12-14-30-33(20-26)47-36(46-30)9-5-6-16-43-37(52)23-45-41(54)56-3/h10-15,18-22,24,35,38H,5-9,16-17,23H2,1-4H3,(H,43,52)(H,45,54)(H,46,47)(H,48,49)(H,50,55). The third kappa shape index (κ3) is 8.82. The molecule has 15 heteroatoms. The Balaban J connectivity index is 1.00. The summed E-state index contributed by atoms with van der Waals surface area (Å²) in [5, 5.41) is 9.93. The van der Waals surface area contributed by atoms with Crippen LogP contribution < -0.4 is 16.0 Å². The van der Waals surface area contributed by atoms with E-state index in [4.69, 9.17) is 19.7 Å². The predicted octanol–water partition coefficient (Wildman–Crippen LogP) is 6.16. The summed E-state index contributed by atoms with van der Waals surface area (Å²) >= 11 is 0. The smallest absolute Gasteiger partial charge is 0.407 e. The van der Waals surface area contributed by atoms with E-state index in [9.17, 15) is 19.2 Å². The number of unbranched alkanes of at least 4 members (excludes halogenated alkanes) is 1. The van der Waals surface area contributed by atoms with Crippen LogP contribution in [0.1, 0.15) is 57.2 Å². The molecule has 1 aliphatic rings. The summed E-state index contributed by atoms with van der Waals surface area (Å²) in [7, 11) is 2.54. The van der Waals surface area contributed by atoms with Gasteiger partial charge in [-0.1, -0.05) is 38.1 Å². The monoisotopic (exact) mass is 773 g/mol. The average molecular weight is 774 g/mol. The summed E-state index contributed by atoms with van der Waals surface area (Å²) in [6.07, 6.45) is 4.62. The molecule has 0 spiro atoms. The molecule has 0 saturated carbocycles. The van der Waals surface area contributed by atoms with E-state index in [2.05, 4.69) is 67.1 Å². The molecule has 296 valence electrons. The molecule has 0 bridgehead atoms. The van der Waals surface area contributed by atoms with E-state index in [0.29, 0.717) is 13.1 Å². The molecule has 2 unspecified atom stereocenters. The van der Waals surface area contributed by atoms with Crippen molar-refractivity contribution in [2.24, 2.45) is 5.92 Å². The number of hydrogen-bond acceptors (Lipinski definition) is 9. The number of H-pyrrole nitrogens is 2. The Bertz CT molecular complexity index is 2440. The van der Waals surface area contributed by atoms with Gasteiger partial charge < -0.3 is 40.3 Å². The third-order valence-electron chi connectivity index (χ3n) is 10.4. The normalized spacial score (nSPS) is 14.6. The Morgan fingerprint density at radius 2 is 1.54 bits per heavy atom. The van der Waals surface area contributed by atoms with Crippen molar-refractivity contribution in [1.82, 2.24) is 45.8 Å². The average Bonchev–Trinajstić information content (AvgIpc) is 3.98. The number of fused-ring (bicyclic) bond motifs is 3. The van der Waals surface area contributed by atoms with Gasteiger partial charge in [-0.2, -0.15) is 0 Å². The number of benzene rings is 3. The molecule has 1 saturated heterocycles. The van der Waals surface area contributed by atoms with Crippen molar-refractivity contribution < 1.29 is 28.7 Å². The van der Waals surface area contributed by atoms with Crippen molar-refractivity contribution in [2.45, 2.75) is 58.0 Å². The van der Waals surface area contributed by atoms with Crippen LogP contribution in [0.5, 0.6) is 0 Å².